The van der Waals surface area contributed by atoms with Gasteiger partial charge in [0.15, 0.2) is 11.6 Å². The molecule has 0 unspecified atom stereocenters. The first-order valence-corrected chi connectivity index (χ1v) is 14.9. The van der Waals surface area contributed by atoms with Crippen LogP contribution in [-0.4, -0.2) is 75.7 Å². The Morgan fingerprint density at radius 1 is 1.08 bits per heavy atom. The molecule has 1 N–H and O–H groups in total. The molecule has 0 saturated heterocycles. The third kappa shape index (κ3) is 6.62. The van der Waals surface area contributed by atoms with Crippen molar-refractivity contribution in [3.8, 4) is 17.1 Å². The molecule has 12 heteroatoms. The van der Waals surface area contributed by atoms with Crippen molar-refractivity contribution in [2.75, 3.05) is 32.6 Å². The van der Waals surface area contributed by atoms with Gasteiger partial charge in [-0.2, -0.15) is 9.19 Å². The van der Waals surface area contributed by atoms with Crippen LogP contribution in [0.2, 0.25) is 0 Å². The van der Waals surface area contributed by atoms with Gasteiger partial charge in [0.2, 0.25) is 0 Å². The van der Waals surface area contributed by atoms with E-state index >= 15 is 0 Å². The molecule has 39 heavy (non-hydrogen) atoms. The van der Waals surface area contributed by atoms with Crippen LogP contribution < -0.4 is 10.1 Å². The lowest BCUT2D eigenvalue weighted by Gasteiger charge is -2.30. The number of carbonyl (C=O) groups is 1. The average Bonchev–Trinajstić information content (AvgIpc) is 3.65. The second-order valence-electron chi connectivity index (χ2n) is 10.8. The number of nitrogens with one attached hydrogen (secondary N) is 1. The minimum absolute atomic E-state index is 0.110. The first-order valence-electron chi connectivity index (χ1n) is 13.4. The van der Waals surface area contributed by atoms with E-state index in [4.69, 9.17) is 4.74 Å². The molecule has 0 amide bonds. The summed E-state index contributed by atoms with van der Waals surface area (Å²) in [5.74, 6) is 2.85. The summed E-state index contributed by atoms with van der Waals surface area (Å²) in [7, 11) is 0.766. The van der Waals surface area contributed by atoms with Crippen molar-refractivity contribution in [3.05, 3.63) is 42.5 Å². The first kappa shape index (κ1) is 27.2. The topological polar surface area (TPSA) is 132 Å². The zero-order chi connectivity index (χ0) is 27.6. The molecule has 0 aromatic carbocycles. The van der Waals surface area contributed by atoms with Crippen molar-refractivity contribution in [2.45, 2.75) is 50.7 Å². The van der Waals surface area contributed by atoms with E-state index < -0.39 is 10.0 Å². The SMILES string of the molecule is CC(=O)c1cnc(Nc2ccnc(-c3cnn(S(=O)(=O)C4CC4)c3)n2)cc1OCC1CCC(CN(C)C)CC1. The van der Waals surface area contributed by atoms with E-state index in [1.54, 1.807) is 18.3 Å². The van der Waals surface area contributed by atoms with Gasteiger partial charge >= 0.3 is 0 Å². The molecular weight excluding hydrogens is 518 g/mol. The molecule has 3 heterocycles. The monoisotopic (exact) mass is 553 g/mol. The predicted molar refractivity (Wildman–Crippen MR) is 148 cm³/mol. The molecule has 2 aliphatic carbocycles. The molecule has 5 rings (SSSR count). The van der Waals surface area contributed by atoms with Gasteiger partial charge in [0.1, 0.15) is 17.4 Å². The number of nitrogens with zero attached hydrogens (tertiary/aromatic N) is 6. The number of Topliss-reactive ketones (excluding diaryl/α,β-unsaturated/α-hetero) is 1. The van der Waals surface area contributed by atoms with Crippen LogP contribution in [0.5, 0.6) is 5.75 Å². The number of ether oxygens (including phenoxy) is 1. The maximum absolute atomic E-state index is 12.5. The minimum atomic E-state index is -3.47. The number of carbonyl (C=O) groups excluding carboxylic acids is 1. The molecule has 3 aromatic rings. The summed E-state index contributed by atoms with van der Waals surface area (Å²) in [6, 6.07) is 3.40. The van der Waals surface area contributed by atoms with E-state index in [2.05, 4.69) is 44.4 Å². The van der Waals surface area contributed by atoms with E-state index in [0.29, 0.717) is 59.7 Å². The Hall–Kier alpha value is -3.38. The fraction of sp³-hybridized carbons (Fsp3) is 0.519. The molecule has 0 radical (unpaired) electrons. The summed E-state index contributed by atoms with van der Waals surface area (Å²) in [5.41, 5.74) is 0.932. The van der Waals surface area contributed by atoms with Gasteiger partial charge in [-0.3, -0.25) is 4.79 Å². The van der Waals surface area contributed by atoms with Crippen LogP contribution in [0.25, 0.3) is 11.4 Å². The zero-order valence-electron chi connectivity index (χ0n) is 22.6. The number of hydrogen-bond donors (Lipinski definition) is 1. The molecular formula is C27H35N7O4S. The van der Waals surface area contributed by atoms with E-state index in [1.807, 2.05) is 0 Å². The van der Waals surface area contributed by atoms with Crippen molar-refractivity contribution < 1.29 is 17.9 Å². The maximum Gasteiger partial charge on any atom is 0.256 e. The molecule has 208 valence electrons. The van der Waals surface area contributed by atoms with Gasteiger partial charge in [-0.1, -0.05) is 0 Å². The highest BCUT2D eigenvalue weighted by Gasteiger charge is 2.37. The summed E-state index contributed by atoms with van der Waals surface area (Å²) in [6.45, 7) is 3.18. The molecule has 0 atom stereocenters. The van der Waals surface area contributed by atoms with Gasteiger partial charge in [-0.15, -0.1) is 0 Å². The van der Waals surface area contributed by atoms with E-state index in [0.717, 1.165) is 29.4 Å². The van der Waals surface area contributed by atoms with Crippen molar-refractivity contribution in [1.29, 1.82) is 0 Å². The van der Waals surface area contributed by atoms with Gasteiger partial charge in [-0.25, -0.2) is 23.4 Å². The number of rotatable bonds is 11. The van der Waals surface area contributed by atoms with Crippen molar-refractivity contribution in [2.24, 2.45) is 11.8 Å². The number of hydrogen-bond acceptors (Lipinski definition) is 10. The highest BCUT2D eigenvalue weighted by Crippen LogP contribution is 2.32. The third-order valence-electron chi connectivity index (χ3n) is 7.25. The zero-order valence-corrected chi connectivity index (χ0v) is 23.4. The normalized spacial score (nSPS) is 19.7. The van der Waals surface area contributed by atoms with Crippen LogP contribution in [-0.2, 0) is 10.0 Å². The highest BCUT2D eigenvalue weighted by atomic mass is 32.2. The highest BCUT2D eigenvalue weighted by molar-refractivity contribution is 7.90. The standard InChI is InChI=1S/C27H35N7O4S/c1-18(35)23-14-29-26(12-24(23)38-17-20-6-4-19(5-7-20)15-33(2)3)31-25-10-11-28-27(32-25)21-13-30-34(16-21)39(36,37)22-8-9-22/h10-14,16,19-20,22H,4-9,15,17H2,1-3H3,(H,28,29,31,32). The fourth-order valence-electron chi connectivity index (χ4n) is 4.97. The molecule has 3 aromatic heterocycles. The molecule has 0 bridgehead atoms. The van der Waals surface area contributed by atoms with Gasteiger partial charge in [-0.05, 0) is 77.4 Å². The average molecular weight is 554 g/mol. The summed E-state index contributed by atoms with van der Waals surface area (Å²) in [5, 5.41) is 6.80. The van der Waals surface area contributed by atoms with Crippen LogP contribution >= 0.6 is 0 Å². The van der Waals surface area contributed by atoms with Crippen LogP contribution in [0.3, 0.4) is 0 Å². The fourth-order valence-corrected chi connectivity index (χ4v) is 6.45. The van der Waals surface area contributed by atoms with Gasteiger partial charge in [0.25, 0.3) is 10.0 Å². The summed E-state index contributed by atoms with van der Waals surface area (Å²) < 4.78 is 32.1. The molecule has 2 fully saturated rings. The van der Waals surface area contributed by atoms with Crippen molar-refractivity contribution >= 4 is 27.4 Å². The predicted octanol–water partition coefficient (Wildman–Crippen LogP) is 3.77. The van der Waals surface area contributed by atoms with Crippen LogP contribution in [0.15, 0.2) is 36.9 Å². The van der Waals surface area contributed by atoms with Gasteiger partial charge in [0.05, 0.1) is 35.4 Å². The molecule has 0 aliphatic heterocycles. The second kappa shape index (κ2) is 11.4. The molecule has 0 spiro atoms. The number of anilines is 2. The number of ketones is 1. The number of aromatic nitrogens is 5. The second-order valence-corrected chi connectivity index (χ2v) is 12.9. The lowest BCUT2D eigenvalue weighted by atomic mass is 9.82. The Bertz CT molecular complexity index is 1430. The summed E-state index contributed by atoms with van der Waals surface area (Å²) in [6.07, 6.45) is 11.9. The van der Waals surface area contributed by atoms with E-state index in [1.165, 1.54) is 38.4 Å². The van der Waals surface area contributed by atoms with Gasteiger partial charge in [0, 0.05) is 25.0 Å². The van der Waals surface area contributed by atoms with Crippen LogP contribution in [0.1, 0.15) is 55.8 Å². The Labute approximate surface area is 229 Å². The Kier molecular flexibility index (Phi) is 7.94. The Morgan fingerprint density at radius 3 is 2.51 bits per heavy atom. The Balaban J connectivity index is 1.26. The maximum atomic E-state index is 12.5. The van der Waals surface area contributed by atoms with E-state index in [-0.39, 0.29) is 11.0 Å². The summed E-state index contributed by atoms with van der Waals surface area (Å²) in [4.78, 5) is 27.6. The smallest absolute Gasteiger partial charge is 0.256 e. The van der Waals surface area contributed by atoms with Gasteiger partial charge < -0.3 is 15.0 Å². The van der Waals surface area contributed by atoms with Crippen LogP contribution in [0, 0.1) is 11.8 Å². The number of pyridine rings is 1. The first-order chi connectivity index (χ1) is 18.7. The van der Waals surface area contributed by atoms with Crippen LogP contribution in [0.4, 0.5) is 11.6 Å². The van der Waals surface area contributed by atoms with Crippen molar-refractivity contribution in [1.82, 2.24) is 29.0 Å². The Morgan fingerprint density at radius 2 is 1.82 bits per heavy atom. The van der Waals surface area contributed by atoms with E-state index in [9.17, 15) is 13.2 Å². The largest absolute Gasteiger partial charge is 0.492 e. The molecule has 2 aliphatic rings. The molecule has 2 saturated carbocycles. The third-order valence-corrected chi connectivity index (χ3v) is 9.28. The quantitative estimate of drug-likeness (QED) is 0.350. The lowest BCUT2D eigenvalue weighted by Crippen LogP contribution is -2.27. The lowest BCUT2D eigenvalue weighted by molar-refractivity contribution is 0.101. The minimum Gasteiger partial charge on any atom is -0.492 e. The molecule has 11 nitrogen and oxygen atoms in total. The van der Waals surface area contributed by atoms with Crippen molar-refractivity contribution in [3.63, 3.8) is 0 Å². The summed E-state index contributed by atoms with van der Waals surface area (Å²) >= 11 is 0.